The molecular weight excluding hydrogens is 268 g/mol. The van der Waals surface area contributed by atoms with Crippen LogP contribution in [-0.2, 0) is 5.41 Å². The summed E-state index contributed by atoms with van der Waals surface area (Å²) in [7, 11) is 0. The number of rotatable bonds is 6. The van der Waals surface area contributed by atoms with Crippen molar-refractivity contribution >= 4 is 11.5 Å². The van der Waals surface area contributed by atoms with Gasteiger partial charge in [-0.05, 0) is 44.5 Å². The summed E-state index contributed by atoms with van der Waals surface area (Å²) in [6.07, 6.45) is 2.32. The van der Waals surface area contributed by atoms with Crippen molar-refractivity contribution in [1.29, 1.82) is 0 Å². The molecule has 0 unspecified atom stereocenters. The first kappa shape index (κ1) is 16.5. The number of benzene rings is 1. The van der Waals surface area contributed by atoms with Crippen LogP contribution in [0.15, 0.2) is 48.5 Å². The summed E-state index contributed by atoms with van der Waals surface area (Å²) < 4.78 is 0. The van der Waals surface area contributed by atoms with E-state index in [4.69, 9.17) is 4.98 Å². The smallest absolute Gasteiger partial charge is 0.133 e. The van der Waals surface area contributed by atoms with Gasteiger partial charge in [-0.25, -0.2) is 4.98 Å². The first-order valence-electron chi connectivity index (χ1n) is 8.27. The van der Waals surface area contributed by atoms with Gasteiger partial charge in [0.05, 0.1) is 0 Å². The van der Waals surface area contributed by atoms with Crippen LogP contribution in [0.1, 0.15) is 53.2 Å². The van der Waals surface area contributed by atoms with Crippen molar-refractivity contribution in [3.63, 3.8) is 0 Å². The molecule has 0 spiro atoms. The third-order valence-electron chi connectivity index (χ3n) is 4.10. The molecule has 2 aromatic rings. The zero-order valence-corrected chi connectivity index (χ0v) is 14.5. The van der Waals surface area contributed by atoms with Gasteiger partial charge in [0.2, 0.25) is 0 Å². The summed E-state index contributed by atoms with van der Waals surface area (Å²) >= 11 is 0. The highest BCUT2D eigenvalue weighted by atomic mass is 15.2. The van der Waals surface area contributed by atoms with E-state index in [-0.39, 0.29) is 5.41 Å². The van der Waals surface area contributed by atoms with Crippen molar-refractivity contribution in [2.24, 2.45) is 0 Å². The van der Waals surface area contributed by atoms with Crippen LogP contribution in [0, 0.1) is 0 Å². The Labute approximate surface area is 135 Å². The maximum atomic E-state index is 4.99. The van der Waals surface area contributed by atoms with Gasteiger partial charge in [-0.2, -0.15) is 0 Å². The molecule has 1 aromatic heterocycles. The Hall–Kier alpha value is -1.83. The molecule has 0 saturated heterocycles. The largest absolute Gasteiger partial charge is 0.324 e. The molecule has 22 heavy (non-hydrogen) atoms. The van der Waals surface area contributed by atoms with Crippen molar-refractivity contribution in [3.8, 4) is 0 Å². The van der Waals surface area contributed by atoms with E-state index >= 15 is 0 Å². The minimum atomic E-state index is 0.115. The highest BCUT2D eigenvalue weighted by molar-refractivity contribution is 5.60. The molecule has 1 heterocycles. The van der Waals surface area contributed by atoms with Crippen LogP contribution in [0.3, 0.4) is 0 Å². The van der Waals surface area contributed by atoms with Crippen molar-refractivity contribution in [2.75, 3.05) is 4.90 Å². The zero-order chi connectivity index (χ0) is 16.2. The van der Waals surface area contributed by atoms with E-state index in [1.54, 1.807) is 0 Å². The fraction of sp³-hybridized carbons (Fsp3) is 0.450. The Kier molecular flexibility index (Phi) is 5.23. The maximum Gasteiger partial charge on any atom is 0.133 e. The lowest BCUT2D eigenvalue weighted by atomic mass is 9.84. The molecule has 0 saturated carbocycles. The van der Waals surface area contributed by atoms with Crippen molar-refractivity contribution in [2.45, 2.75) is 58.9 Å². The zero-order valence-electron chi connectivity index (χ0n) is 14.5. The van der Waals surface area contributed by atoms with Crippen LogP contribution in [0.2, 0.25) is 0 Å². The summed E-state index contributed by atoms with van der Waals surface area (Å²) in [6, 6.07) is 17.3. The molecule has 0 radical (unpaired) electrons. The number of hydrogen-bond acceptors (Lipinski definition) is 2. The van der Waals surface area contributed by atoms with Crippen LogP contribution in [0.4, 0.5) is 11.5 Å². The molecule has 0 amide bonds. The predicted molar refractivity (Wildman–Crippen MR) is 95.9 cm³/mol. The van der Waals surface area contributed by atoms with E-state index < -0.39 is 0 Å². The van der Waals surface area contributed by atoms with Crippen LogP contribution < -0.4 is 4.90 Å². The van der Waals surface area contributed by atoms with Gasteiger partial charge in [0, 0.05) is 22.8 Å². The van der Waals surface area contributed by atoms with E-state index in [0.29, 0.717) is 6.04 Å². The lowest BCUT2D eigenvalue weighted by molar-refractivity contribution is 0.459. The van der Waals surface area contributed by atoms with Crippen molar-refractivity contribution < 1.29 is 0 Å². The number of aromatic nitrogens is 1. The highest BCUT2D eigenvalue weighted by Gasteiger charge is 2.23. The van der Waals surface area contributed by atoms with Gasteiger partial charge in [0.25, 0.3) is 0 Å². The standard InChI is InChI=1S/C20H28N2/c1-6-15-20(4,5)18-13-10-14-19(21-18)22(16(2)3)17-11-8-7-9-12-17/h7-14,16H,6,15H2,1-5H3. The summed E-state index contributed by atoms with van der Waals surface area (Å²) in [6.45, 7) is 11.2. The van der Waals surface area contributed by atoms with Gasteiger partial charge in [0.1, 0.15) is 5.82 Å². The van der Waals surface area contributed by atoms with E-state index in [0.717, 1.165) is 12.2 Å². The first-order chi connectivity index (χ1) is 10.5. The van der Waals surface area contributed by atoms with Gasteiger partial charge in [0.15, 0.2) is 0 Å². The average Bonchev–Trinajstić information content (AvgIpc) is 2.48. The number of pyridine rings is 1. The summed E-state index contributed by atoms with van der Waals surface area (Å²) in [4.78, 5) is 7.28. The van der Waals surface area contributed by atoms with Crippen molar-refractivity contribution in [3.05, 3.63) is 54.2 Å². The van der Waals surface area contributed by atoms with Crippen LogP contribution in [0.5, 0.6) is 0 Å². The number of nitrogens with zero attached hydrogens (tertiary/aromatic N) is 2. The molecular formula is C20H28N2. The van der Waals surface area contributed by atoms with E-state index in [2.05, 4.69) is 88.0 Å². The summed E-state index contributed by atoms with van der Waals surface area (Å²) in [5.41, 5.74) is 2.48. The molecule has 0 aliphatic heterocycles. The topological polar surface area (TPSA) is 16.1 Å². The molecule has 2 heteroatoms. The molecule has 2 rings (SSSR count). The second kappa shape index (κ2) is 6.95. The van der Waals surface area contributed by atoms with Gasteiger partial charge < -0.3 is 4.90 Å². The Morgan fingerprint density at radius 2 is 1.68 bits per heavy atom. The molecule has 118 valence electrons. The SMILES string of the molecule is CCCC(C)(C)c1cccc(N(c2ccccc2)C(C)C)n1. The number of para-hydroxylation sites is 1. The van der Waals surface area contributed by atoms with Gasteiger partial charge in [-0.15, -0.1) is 0 Å². The minimum absolute atomic E-state index is 0.115. The molecule has 1 aromatic carbocycles. The Bertz CT molecular complexity index is 588. The fourth-order valence-corrected chi connectivity index (χ4v) is 2.97. The predicted octanol–water partition coefficient (Wildman–Crippen LogP) is 5.71. The monoisotopic (exact) mass is 296 g/mol. The second-order valence-electron chi connectivity index (χ2n) is 6.81. The highest BCUT2D eigenvalue weighted by Crippen LogP contribution is 2.31. The van der Waals surface area contributed by atoms with E-state index in [9.17, 15) is 0 Å². The van der Waals surface area contributed by atoms with Gasteiger partial charge in [-0.1, -0.05) is 51.5 Å². The normalized spacial score (nSPS) is 11.7. The summed E-state index contributed by atoms with van der Waals surface area (Å²) in [5.74, 6) is 1.03. The molecule has 0 bridgehead atoms. The lowest BCUT2D eigenvalue weighted by Crippen LogP contribution is -2.27. The maximum absolute atomic E-state index is 4.99. The molecule has 0 aliphatic rings. The third kappa shape index (κ3) is 3.68. The van der Waals surface area contributed by atoms with Crippen LogP contribution >= 0.6 is 0 Å². The second-order valence-corrected chi connectivity index (χ2v) is 6.81. The summed E-state index contributed by atoms with van der Waals surface area (Å²) in [5, 5.41) is 0. The van der Waals surface area contributed by atoms with Crippen LogP contribution in [0.25, 0.3) is 0 Å². The Morgan fingerprint density at radius 3 is 2.27 bits per heavy atom. The molecule has 0 atom stereocenters. The fourth-order valence-electron chi connectivity index (χ4n) is 2.97. The Morgan fingerprint density at radius 1 is 1.00 bits per heavy atom. The quantitative estimate of drug-likeness (QED) is 0.679. The van der Waals surface area contributed by atoms with E-state index in [1.807, 2.05) is 0 Å². The minimum Gasteiger partial charge on any atom is -0.324 e. The third-order valence-corrected chi connectivity index (χ3v) is 4.10. The lowest BCUT2D eigenvalue weighted by Gasteiger charge is -2.30. The first-order valence-corrected chi connectivity index (χ1v) is 8.27. The number of hydrogen-bond donors (Lipinski definition) is 0. The molecule has 0 aliphatic carbocycles. The average molecular weight is 296 g/mol. The van der Waals surface area contributed by atoms with Gasteiger partial charge in [-0.3, -0.25) is 0 Å². The Balaban J connectivity index is 2.42. The molecule has 0 N–H and O–H groups in total. The number of anilines is 2. The van der Waals surface area contributed by atoms with E-state index in [1.165, 1.54) is 17.8 Å². The molecule has 2 nitrogen and oxygen atoms in total. The van der Waals surface area contributed by atoms with Crippen LogP contribution in [-0.4, -0.2) is 11.0 Å². The molecule has 0 fully saturated rings. The van der Waals surface area contributed by atoms with Gasteiger partial charge >= 0.3 is 0 Å². The van der Waals surface area contributed by atoms with Crippen molar-refractivity contribution in [1.82, 2.24) is 4.98 Å².